The Balaban J connectivity index is 3.49. The molecule has 0 radical (unpaired) electrons. The van der Waals surface area contributed by atoms with Gasteiger partial charge in [-0.1, -0.05) is 0 Å². The van der Waals surface area contributed by atoms with Crippen molar-refractivity contribution >= 4 is 26.3 Å². The van der Waals surface area contributed by atoms with Crippen LogP contribution in [0.1, 0.15) is 53.4 Å². The van der Waals surface area contributed by atoms with E-state index in [0.717, 1.165) is 35.9 Å². The summed E-state index contributed by atoms with van der Waals surface area (Å²) in [4.78, 5) is 2.16. The van der Waals surface area contributed by atoms with Gasteiger partial charge in [-0.05, 0) is 0 Å². The fraction of sp³-hybridized carbons (Fsp3) is 1.00. The van der Waals surface area contributed by atoms with Crippen molar-refractivity contribution in [3.8, 4) is 0 Å². The topological polar surface area (TPSA) is 0 Å². The minimum atomic E-state index is 0.979. The molecule has 0 rings (SSSR count). The molecule has 0 aromatic heterocycles. The Kier molecular flexibility index (Phi) is 9.38. The second-order valence-electron chi connectivity index (χ2n) is 3.07. The standard InChI is InChI=1S/C10H22Se2/c1-5-9(6-2)11-12-10(7-3)8-4/h9-10H,5-8H2,1-4H3. The van der Waals surface area contributed by atoms with Gasteiger partial charge in [-0.2, -0.15) is 0 Å². The molecule has 0 aromatic rings. The van der Waals surface area contributed by atoms with E-state index in [0.29, 0.717) is 0 Å². The Hall–Kier alpha value is 1.04. The Morgan fingerprint density at radius 2 is 0.917 bits per heavy atom. The summed E-state index contributed by atoms with van der Waals surface area (Å²) in [6.07, 6.45) is 5.66. The van der Waals surface area contributed by atoms with Gasteiger partial charge in [0.2, 0.25) is 0 Å². The first kappa shape index (κ1) is 13.0. The summed E-state index contributed by atoms with van der Waals surface area (Å²) in [5, 5.41) is 0. The first-order chi connectivity index (χ1) is 5.78. The Labute approximate surface area is 89.1 Å². The van der Waals surface area contributed by atoms with E-state index in [9.17, 15) is 0 Å². The zero-order valence-corrected chi connectivity index (χ0v) is 12.2. The van der Waals surface area contributed by atoms with Crippen molar-refractivity contribution < 1.29 is 0 Å². The van der Waals surface area contributed by atoms with Gasteiger partial charge < -0.3 is 0 Å². The van der Waals surface area contributed by atoms with E-state index in [2.05, 4.69) is 27.7 Å². The molecule has 0 fully saturated rings. The second kappa shape index (κ2) is 8.63. The number of hydrogen-bond acceptors (Lipinski definition) is 0. The van der Waals surface area contributed by atoms with Crippen LogP contribution >= 0.6 is 0 Å². The molecule has 0 N–H and O–H groups in total. The van der Waals surface area contributed by atoms with Crippen LogP contribution in [0.15, 0.2) is 0 Å². The molecule has 0 unspecified atom stereocenters. The zero-order chi connectivity index (χ0) is 9.40. The fourth-order valence-electron chi connectivity index (χ4n) is 1.01. The SMILES string of the molecule is CCC(CC)[Se][Se]C(CC)CC. The molecule has 2 heteroatoms. The van der Waals surface area contributed by atoms with Gasteiger partial charge in [-0.25, -0.2) is 0 Å². The summed E-state index contributed by atoms with van der Waals surface area (Å²) in [5.74, 6) is 0. The molecule has 74 valence electrons. The zero-order valence-electron chi connectivity index (χ0n) is 8.80. The van der Waals surface area contributed by atoms with Gasteiger partial charge in [0.25, 0.3) is 0 Å². The van der Waals surface area contributed by atoms with E-state index in [4.69, 9.17) is 0 Å². The number of rotatable bonds is 7. The summed E-state index contributed by atoms with van der Waals surface area (Å²) in [7, 11) is 0. The van der Waals surface area contributed by atoms with Gasteiger partial charge in [0.05, 0.1) is 0 Å². The first-order valence-electron chi connectivity index (χ1n) is 5.10. The van der Waals surface area contributed by atoms with E-state index < -0.39 is 0 Å². The van der Waals surface area contributed by atoms with Crippen LogP contribution in [0.4, 0.5) is 0 Å². The van der Waals surface area contributed by atoms with Crippen molar-refractivity contribution in [2.75, 3.05) is 0 Å². The predicted octanol–water partition coefficient (Wildman–Crippen LogP) is 3.53. The summed E-state index contributed by atoms with van der Waals surface area (Å²) < 4.78 is 0. The van der Waals surface area contributed by atoms with Crippen LogP contribution in [-0.4, -0.2) is 26.3 Å². The molecule has 0 saturated carbocycles. The first-order valence-corrected chi connectivity index (χ1v) is 11.4. The Morgan fingerprint density at radius 1 is 0.667 bits per heavy atom. The molecule has 0 nitrogen and oxygen atoms in total. The predicted molar refractivity (Wildman–Crippen MR) is 60.2 cm³/mol. The molecule has 12 heavy (non-hydrogen) atoms. The van der Waals surface area contributed by atoms with Crippen molar-refractivity contribution in [1.82, 2.24) is 0 Å². The van der Waals surface area contributed by atoms with E-state index >= 15 is 0 Å². The summed E-state index contributed by atoms with van der Waals surface area (Å²) in [6, 6.07) is 0. The summed E-state index contributed by atoms with van der Waals surface area (Å²) >= 11 is 1.96. The second-order valence-corrected chi connectivity index (χ2v) is 10.9. The molecule has 0 spiro atoms. The van der Waals surface area contributed by atoms with Crippen LogP contribution in [0.3, 0.4) is 0 Å². The molecule has 0 aliphatic heterocycles. The van der Waals surface area contributed by atoms with Crippen molar-refractivity contribution in [3.63, 3.8) is 0 Å². The molecule has 0 bridgehead atoms. The minimum absolute atomic E-state index is 0.979. The van der Waals surface area contributed by atoms with Crippen LogP contribution in [0.25, 0.3) is 0 Å². The molecule has 0 aliphatic carbocycles. The van der Waals surface area contributed by atoms with Crippen molar-refractivity contribution in [3.05, 3.63) is 0 Å². The van der Waals surface area contributed by atoms with Gasteiger partial charge >= 0.3 is 89.3 Å². The molecule has 0 atom stereocenters. The van der Waals surface area contributed by atoms with Gasteiger partial charge in [-0.3, -0.25) is 0 Å². The van der Waals surface area contributed by atoms with E-state index in [1.165, 1.54) is 25.7 Å². The molecule has 0 saturated heterocycles. The molecule has 0 aliphatic rings. The average molecular weight is 300 g/mol. The van der Waals surface area contributed by atoms with Crippen molar-refractivity contribution in [1.29, 1.82) is 0 Å². The van der Waals surface area contributed by atoms with E-state index in [1.54, 1.807) is 0 Å². The summed E-state index contributed by atoms with van der Waals surface area (Å²) in [6.45, 7) is 9.38. The van der Waals surface area contributed by atoms with Crippen LogP contribution in [0.2, 0.25) is 9.63 Å². The number of hydrogen-bond donors (Lipinski definition) is 0. The van der Waals surface area contributed by atoms with Crippen LogP contribution in [-0.2, 0) is 0 Å². The maximum absolute atomic E-state index is 2.35. The Morgan fingerprint density at radius 3 is 1.08 bits per heavy atom. The van der Waals surface area contributed by atoms with Crippen LogP contribution < -0.4 is 0 Å². The van der Waals surface area contributed by atoms with Crippen LogP contribution in [0.5, 0.6) is 0 Å². The summed E-state index contributed by atoms with van der Waals surface area (Å²) in [5.41, 5.74) is 0. The van der Waals surface area contributed by atoms with Gasteiger partial charge in [0, 0.05) is 0 Å². The van der Waals surface area contributed by atoms with Gasteiger partial charge in [-0.15, -0.1) is 0 Å². The van der Waals surface area contributed by atoms with E-state index in [1.807, 2.05) is 0 Å². The molecular formula is C10H22Se2. The maximum atomic E-state index is 2.35. The van der Waals surface area contributed by atoms with Gasteiger partial charge in [0.15, 0.2) is 0 Å². The average Bonchev–Trinajstić information content (AvgIpc) is 2.13. The Bertz CT molecular complexity index is 73.8. The molecule has 0 heterocycles. The van der Waals surface area contributed by atoms with Crippen molar-refractivity contribution in [2.24, 2.45) is 0 Å². The fourth-order valence-corrected chi connectivity index (χ4v) is 12.2. The quantitative estimate of drug-likeness (QED) is 0.631. The normalized spacial score (nSPS) is 11.5. The third-order valence-electron chi connectivity index (χ3n) is 2.15. The molecular weight excluding hydrogens is 278 g/mol. The third-order valence-corrected chi connectivity index (χ3v) is 13.5. The van der Waals surface area contributed by atoms with Gasteiger partial charge in [0.1, 0.15) is 0 Å². The van der Waals surface area contributed by atoms with E-state index in [-0.39, 0.29) is 0 Å². The molecule has 0 amide bonds. The third kappa shape index (κ3) is 5.64. The van der Waals surface area contributed by atoms with Crippen LogP contribution in [0, 0.1) is 0 Å². The monoisotopic (exact) mass is 302 g/mol. The van der Waals surface area contributed by atoms with Crippen molar-refractivity contribution in [2.45, 2.75) is 63.0 Å². The molecule has 0 aromatic carbocycles.